The van der Waals surface area contributed by atoms with Crippen LogP contribution in [0.5, 0.6) is 0 Å². The van der Waals surface area contributed by atoms with Crippen molar-refractivity contribution in [2.45, 2.75) is 26.2 Å². The molecule has 1 aliphatic carbocycles. The maximum atomic E-state index is 5.16. The minimum atomic E-state index is 0.422. The SMILES string of the molecule is CCNc1cncc(NCC2(CCOC)CC2)n1. The van der Waals surface area contributed by atoms with Crippen LogP contribution in [0.15, 0.2) is 12.4 Å². The van der Waals surface area contributed by atoms with Gasteiger partial charge in [0.25, 0.3) is 0 Å². The monoisotopic (exact) mass is 250 g/mol. The predicted octanol–water partition coefficient (Wildman–Crippen LogP) is 2.14. The molecule has 1 aromatic rings. The van der Waals surface area contributed by atoms with Gasteiger partial charge in [0.15, 0.2) is 0 Å². The molecule has 1 fully saturated rings. The van der Waals surface area contributed by atoms with E-state index < -0.39 is 0 Å². The Balaban J connectivity index is 1.84. The Hall–Kier alpha value is -1.36. The van der Waals surface area contributed by atoms with Gasteiger partial charge in [-0.3, -0.25) is 4.98 Å². The molecule has 100 valence electrons. The van der Waals surface area contributed by atoms with Crippen molar-refractivity contribution in [3.8, 4) is 0 Å². The summed E-state index contributed by atoms with van der Waals surface area (Å²) in [5.74, 6) is 1.67. The zero-order chi connectivity index (χ0) is 12.8. The topological polar surface area (TPSA) is 59.1 Å². The molecule has 0 aromatic carbocycles. The van der Waals surface area contributed by atoms with Crippen LogP contribution in [0.4, 0.5) is 11.6 Å². The molecule has 2 N–H and O–H groups in total. The van der Waals surface area contributed by atoms with Crippen molar-refractivity contribution < 1.29 is 4.74 Å². The van der Waals surface area contributed by atoms with Crippen LogP contribution in [0.3, 0.4) is 0 Å². The van der Waals surface area contributed by atoms with Crippen molar-refractivity contribution in [3.05, 3.63) is 12.4 Å². The molecule has 1 heterocycles. The van der Waals surface area contributed by atoms with Gasteiger partial charge in [-0.2, -0.15) is 0 Å². The number of rotatable bonds is 8. The van der Waals surface area contributed by atoms with E-state index in [0.29, 0.717) is 5.41 Å². The first-order valence-corrected chi connectivity index (χ1v) is 6.57. The van der Waals surface area contributed by atoms with Gasteiger partial charge in [-0.15, -0.1) is 0 Å². The van der Waals surface area contributed by atoms with E-state index in [-0.39, 0.29) is 0 Å². The van der Waals surface area contributed by atoms with Crippen LogP contribution in [0.25, 0.3) is 0 Å². The summed E-state index contributed by atoms with van der Waals surface area (Å²) in [5.41, 5.74) is 0.422. The van der Waals surface area contributed by atoms with Crippen LogP contribution in [-0.2, 0) is 4.74 Å². The van der Waals surface area contributed by atoms with Crippen molar-refractivity contribution in [1.29, 1.82) is 0 Å². The van der Waals surface area contributed by atoms with E-state index in [4.69, 9.17) is 4.74 Å². The third-order valence-electron chi connectivity index (χ3n) is 3.43. The Morgan fingerprint density at radius 3 is 2.61 bits per heavy atom. The normalized spacial score (nSPS) is 16.3. The summed E-state index contributed by atoms with van der Waals surface area (Å²) >= 11 is 0. The maximum absolute atomic E-state index is 5.16. The first-order chi connectivity index (χ1) is 8.78. The smallest absolute Gasteiger partial charge is 0.146 e. The molecular weight excluding hydrogens is 228 g/mol. The van der Waals surface area contributed by atoms with E-state index in [0.717, 1.165) is 37.8 Å². The lowest BCUT2D eigenvalue weighted by Crippen LogP contribution is -2.18. The van der Waals surface area contributed by atoms with Crippen molar-refractivity contribution in [3.63, 3.8) is 0 Å². The van der Waals surface area contributed by atoms with Crippen molar-refractivity contribution >= 4 is 11.6 Å². The maximum Gasteiger partial charge on any atom is 0.146 e. The number of methoxy groups -OCH3 is 1. The van der Waals surface area contributed by atoms with Crippen LogP contribution in [-0.4, -0.2) is 36.8 Å². The van der Waals surface area contributed by atoms with Gasteiger partial charge in [0, 0.05) is 26.8 Å². The van der Waals surface area contributed by atoms with Crippen LogP contribution < -0.4 is 10.6 Å². The molecule has 0 spiro atoms. The molecule has 5 heteroatoms. The Morgan fingerprint density at radius 2 is 2.00 bits per heavy atom. The molecule has 1 aliphatic rings. The highest BCUT2D eigenvalue weighted by atomic mass is 16.5. The summed E-state index contributed by atoms with van der Waals surface area (Å²) in [4.78, 5) is 8.63. The standard InChI is InChI=1S/C13H22N4O/c1-3-15-11-8-14-9-12(17-11)16-10-13(4-5-13)6-7-18-2/h8-9H,3-7,10H2,1-2H3,(H2,15,16,17). The summed E-state index contributed by atoms with van der Waals surface area (Å²) in [7, 11) is 1.76. The van der Waals surface area contributed by atoms with Crippen LogP contribution in [0, 0.1) is 5.41 Å². The number of hydrogen-bond donors (Lipinski definition) is 2. The second kappa shape index (κ2) is 6.00. The quantitative estimate of drug-likeness (QED) is 0.740. The fourth-order valence-electron chi connectivity index (χ4n) is 2.01. The fraction of sp³-hybridized carbons (Fsp3) is 0.692. The highest BCUT2D eigenvalue weighted by Gasteiger charge is 2.41. The molecule has 0 atom stereocenters. The largest absolute Gasteiger partial charge is 0.385 e. The Bertz CT molecular complexity index is 379. The van der Waals surface area contributed by atoms with Gasteiger partial charge in [-0.1, -0.05) is 0 Å². The van der Waals surface area contributed by atoms with Gasteiger partial charge >= 0.3 is 0 Å². The van der Waals surface area contributed by atoms with Crippen molar-refractivity contribution in [2.75, 3.05) is 37.4 Å². The van der Waals surface area contributed by atoms with E-state index in [1.165, 1.54) is 12.8 Å². The molecule has 5 nitrogen and oxygen atoms in total. The average Bonchev–Trinajstić information content (AvgIpc) is 3.16. The van der Waals surface area contributed by atoms with E-state index in [9.17, 15) is 0 Å². The predicted molar refractivity (Wildman–Crippen MR) is 72.8 cm³/mol. The van der Waals surface area contributed by atoms with E-state index in [2.05, 4.69) is 20.6 Å². The lowest BCUT2D eigenvalue weighted by atomic mass is 10.0. The van der Waals surface area contributed by atoms with Gasteiger partial charge in [0.1, 0.15) is 11.6 Å². The number of hydrogen-bond acceptors (Lipinski definition) is 5. The van der Waals surface area contributed by atoms with Crippen LogP contribution in [0.2, 0.25) is 0 Å². The molecule has 1 saturated carbocycles. The minimum absolute atomic E-state index is 0.422. The minimum Gasteiger partial charge on any atom is -0.385 e. The number of ether oxygens (including phenoxy) is 1. The van der Waals surface area contributed by atoms with Crippen molar-refractivity contribution in [2.24, 2.45) is 5.41 Å². The van der Waals surface area contributed by atoms with E-state index in [1.54, 1.807) is 19.5 Å². The second-order valence-electron chi connectivity index (χ2n) is 4.92. The average molecular weight is 250 g/mol. The van der Waals surface area contributed by atoms with Gasteiger partial charge in [-0.05, 0) is 31.6 Å². The lowest BCUT2D eigenvalue weighted by Gasteiger charge is -2.16. The highest BCUT2D eigenvalue weighted by molar-refractivity contribution is 5.41. The number of nitrogens with one attached hydrogen (secondary N) is 2. The Labute approximate surface area is 108 Å². The van der Waals surface area contributed by atoms with Crippen LogP contribution in [0.1, 0.15) is 26.2 Å². The first kappa shape index (κ1) is 13.1. The third-order valence-corrected chi connectivity index (χ3v) is 3.43. The summed E-state index contributed by atoms with van der Waals surface area (Å²) < 4.78 is 5.16. The molecule has 0 amide bonds. The first-order valence-electron chi connectivity index (χ1n) is 6.57. The summed E-state index contributed by atoms with van der Waals surface area (Å²) in [5, 5.41) is 6.55. The molecule has 1 aromatic heterocycles. The molecule has 0 aliphatic heterocycles. The molecule has 2 rings (SSSR count). The fourth-order valence-corrected chi connectivity index (χ4v) is 2.01. The zero-order valence-corrected chi connectivity index (χ0v) is 11.2. The van der Waals surface area contributed by atoms with Crippen molar-refractivity contribution in [1.82, 2.24) is 9.97 Å². The molecule has 0 saturated heterocycles. The van der Waals surface area contributed by atoms with E-state index >= 15 is 0 Å². The number of nitrogens with zero attached hydrogens (tertiary/aromatic N) is 2. The molecule has 0 radical (unpaired) electrons. The van der Waals surface area contributed by atoms with Gasteiger partial charge in [0.2, 0.25) is 0 Å². The zero-order valence-electron chi connectivity index (χ0n) is 11.2. The lowest BCUT2D eigenvalue weighted by molar-refractivity contribution is 0.175. The second-order valence-corrected chi connectivity index (χ2v) is 4.92. The summed E-state index contributed by atoms with van der Waals surface area (Å²) in [6, 6.07) is 0. The Morgan fingerprint density at radius 1 is 1.28 bits per heavy atom. The van der Waals surface area contributed by atoms with Crippen LogP contribution >= 0.6 is 0 Å². The number of aromatic nitrogens is 2. The third kappa shape index (κ3) is 3.57. The summed E-state index contributed by atoms with van der Waals surface area (Å²) in [6.45, 7) is 4.70. The van der Waals surface area contributed by atoms with Gasteiger partial charge < -0.3 is 15.4 Å². The van der Waals surface area contributed by atoms with E-state index in [1.807, 2.05) is 6.92 Å². The van der Waals surface area contributed by atoms with Gasteiger partial charge in [0.05, 0.1) is 12.4 Å². The molecule has 0 unspecified atom stereocenters. The highest BCUT2D eigenvalue weighted by Crippen LogP contribution is 2.48. The van der Waals surface area contributed by atoms with Gasteiger partial charge in [-0.25, -0.2) is 4.98 Å². The molecule has 18 heavy (non-hydrogen) atoms. The summed E-state index contributed by atoms with van der Waals surface area (Å²) in [6.07, 6.45) is 7.20. The number of anilines is 2. The molecular formula is C13H22N4O. The Kier molecular flexibility index (Phi) is 4.36. The molecule has 0 bridgehead atoms.